The van der Waals surface area contributed by atoms with Gasteiger partial charge in [-0.1, -0.05) is 39.0 Å². The van der Waals surface area contributed by atoms with Gasteiger partial charge in [0.2, 0.25) is 5.91 Å². The monoisotopic (exact) mass is 349 g/mol. The van der Waals surface area contributed by atoms with Crippen molar-refractivity contribution in [3.8, 4) is 6.07 Å². The smallest absolute Gasteiger partial charge is 0.251 e. The van der Waals surface area contributed by atoms with Crippen LogP contribution in [0, 0.1) is 11.3 Å². The van der Waals surface area contributed by atoms with Gasteiger partial charge in [-0.25, -0.2) is 0 Å². The third kappa shape index (κ3) is 4.93. The molecule has 2 N–H and O–H groups in total. The van der Waals surface area contributed by atoms with Crippen LogP contribution < -0.4 is 10.6 Å². The molecule has 0 saturated carbocycles. The van der Waals surface area contributed by atoms with Crippen LogP contribution in [0.15, 0.2) is 48.5 Å². The van der Waals surface area contributed by atoms with Crippen LogP contribution in [-0.2, 0) is 10.2 Å². The zero-order valence-electron chi connectivity index (χ0n) is 15.5. The molecule has 2 rings (SSSR count). The van der Waals surface area contributed by atoms with Gasteiger partial charge in [-0.3, -0.25) is 9.59 Å². The van der Waals surface area contributed by atoms with Crippen LogP contribution in [0.3, 0.4) is 0 Å². The molecule has 134 valence electrons. The molecule has 0 saturated heterocycles. The Bertz CT molecular complexity index is 843. The van der Waals surface area contributed by atoms with E-state index in [1.54, 1.807) is 43.3 Å². The second kappa shape index (κ2) is 7.83. The number of nitriles is 1. The first kappa shape index (κ1) is 19.2. The summed E-state index contributed by atoms with van der Waals surface area (Å²) in [6.45, 7) is 7.94. The average Bonchev–Trinajstić information content (AvgIpc) is 2.61. The molecule has 0 spiro atoms. The zero-order valence-corrected chi connectivity index (χ0v) is 15.5. The summed E-state index contributed by atoms with van der Waals surface area (Å²) in [4.78, 5) is 24.6. The highest BCUT2D eigenvalue weighted by Gasteiger charge is 2.18. The molecule has 0 aliphatic carbocycles. The lowest BCUT2D eigenvalue weighted by atomic mass is 9.86. The molecule has 0 radical (unpaired) electrons. The summed E-state index contributed by atoms with van der Waals surface area (Å²) in [5.41, 5.74) is 2.63. The van der Waals surface area contributed by atoms with Crippen molar-refractivity contribution in [2.24, 2.45) is 0 Å². The molecule has 26 heavy (non-hydrogen) atoms. The first-order valence-electron chi connectivity index (χ1n) is 8.43. The Hall–Kier alpha value is -3.13. The summed E-state index contributed by atoms with van der Waals surface area (Å²) in [6, 6.07) is 15.3. The maximum Gasteiger partial charge on any atom is 0.251 e. The van der Waals surface area contributed by atoms with Crippen LogP contribution in [-0.4, -0.2) is 17.9 Å². The van der Waals surface area contributed by atoms with Crippen LogP contribution in [0.1, 0.15) is 49.2 Å². The number of rotatable bonds is 4. The van der Waals surface area contributed by atoms with Crippen molar-refractivity contribution in [1.29, 1.82) is 5.26 Å². The minimum absolute atomic E-state index is 0.0140. The second-order valence-electron chi connectivity index (χ2n) is 7.20. The third-order valence-corrected chi connectivity index (χ3v) is 4.01. The van der Waals surface area contributed by atoms with Gasteiger partial charge in [0, 0.05) is 11.3 Å². The molecule has 0 aliphatic rings. The van der Waals surface area contributed by atoms with Gasteiger partial charge >= 0.3 is 0 Å². The topological polar surface area (TPSA) is 82.0 Å². The number of carbonyl (C=O) groups is 2. The lowest BCUT2D eigenvalue weighted by Crippen LogP contribution is -2.41. The molecule has 1 atom stereocenters. The molecule has 0 bridgehead atoms. The molecule has 1 unspecified atom stereocenters. The molecule has 0 fully saturated rings. The van der Waals surface area contributed by atoms with Crippen molar-refractivity contribution in [2.45, 2.75) is 39.2 Å². The fourth-order valence-electron chi connectivity index (χ4n) is 2.38. The number of carbonyl (C=O) groups excluding carboxylic acids is 2. The van der Waals surface area contributed by atoms with E-state index in [0.29, 0.717) is 16.8 Å². The number of nitrogens with one attached hydrogen (secondary N) is 2. The summed E-state index contributed by atoms with van der Waals surface area (Å²) in [6.07, 6.45) is 0. The van der Waals surface area contributed by atoms with Crippen LogP contribution >= 0.6 is 0 Å². The number of hydrogen-bond donors (Lipinski definition) is 2. The van der Waals surface area contributed by atoms with Crippen molar-refractivity contribution in [1.82, 2.24) is 5.32 Å². The second-order valence-corrected chi connectivity index (χ2v) is 7.20. The van der Waals surface area contributed by atoms with Gasteiger partial charge in [-0.05, 0) is 48.2 Å². The Kier molecular flexibility index (Phi) is 5.78. The molecule has 0 aliphatic heterocycles. The Balaban J connectivity index is 1.99. The lowest BCUT2D eigenvalue weighted by molar-refractivity contribution is -0.117. The summed E-state index contributed by atoms with van der Waals surface area (Å²) in [5.74, 6) is -0.654. The fourth-order valence-corrected chi connectivity index (χ4v) is 2.38. The Morgan fingerprint density at radius 1 is 1.08 bits per heavy atom. The molecule has 5 nitrogen and oxygen atoms in total. The predicted molar refractivity (Wildman–Crippen MR) is 102 cm³/mol. The minimum atomic E-state index is -0.712. The SMILES string of the molecule is CC(NC(=O)c1ccc(C(C)(C)C)cc1)C(=O)Nc1cccc(C#N)c1. The maximum atomic E-state index is 12.3. The fraction of sp³-hybridized carbons (Fsp3) is 0.286. The maximum absolute atomic E-state index is 12.3. The lowest BCUT2D eigenvalue weighted by Gasteiger charge is -2.19. The molecule has 0 aromatic heterocycles. The van der Waals surface area contributed by atoms with E-state index in [2.05, 4.69) is 31.4 Å². The van der Waals surface area contributed by atoms with E-state index in [1.165, 1.54) is 0 Å². The predicted octanol–water partition coefficient (Wildman–Crippen LogP) is 3.61. The van der Waals surface area contributed by atoms with E-state index < -0.39 is 6.04 Å². The molecule has 5 heteroatoms. The Labute approximate surface area is 154 Å². The number of nitrogens with zero attached hydrogens (tertiary/aromatic N) is 1. The van der Waals surface area contributed by atoms with Gasteiger partial charge in [0.05, 0.1) is 11.6 Å². The Morgan fingerprint density at radius 3 is 2.31 bits per heavy atom. The molecule has 2 aromatic carbocycles. The highest BCUT2D eigenvalue weighted by molar-refractivity contribution is 6.01. The number of hydrogen-bond acceptors (Lipinski definition) is 3. The van der Waals surface area contributed by atoms with Crippen molar-refractivity contribution in [2.75, 3.05) is 5.32 Å². The van der Waals surface area contributed by atoms with Crippen LogP contribution in [0.25, 0.3) is 0 Å². The Morgan fingerprint density at radius 2 is 1.73 bits per heavy atom. The van der Waals surface area contributed by atoms with E-state index in [0.717, 1.165) is 5.56 Å². The van der Waals surface area contributed by atoms with Crippen molar-refractivity contribution in [3.05, 3.63) is 65.2 Å². The molecular formula is C21H23N3O2. The van der Waals surface area contributed by atoms with E-state index in [1.807, 2.05) is 18.2 Å². The van der Waals surface area contributed by atoms with Crippen LogP contribution in [0.2, 0.25) is 0 Å². The zero-order chi connectivity index (χ0) is 19.3. The molecule has 2 aromatic rings. The van der Waals surface area contributed by atoms with Crippen molar-refractivity contribution >= 4 is 17.5 Å². The minimum Gasteiger partial charge on any atom is -0.341 e. The summed E-state index contributed by atoms with van der Waals surface area (Å²) in [5, 5.41) is 14.3. The summed E-state index contributed by atoms with van der Waals surface area (Å²) >= 11 is 0. The number of anilines is 1. The largest absolute Gasteiger partial charge is 0.341 e. The first-order valence-corrected chi connectivity index (χ1v) is 8.43. The van der Waals surface area contributed by atoms with Gasteiger partial charge in [0.1, 0.15) is 6.04 Å². The average molecular weight is 349 g/mol. The van der Waals surface area contributed by atoms with Crippen molar-refractivity contribution < 1.29 is 9.59 Å². The first-order chi connectivity index (χ1) is 12.2. The molecular weight excluding hydrogens is 326 g/mol. The highest BCUT2D eigenvalue weighted by Crippen LogP contribution is 2.22. The van der Waals surface area contributed by atoms with Crippen LogP contribution in [0.5, 0.6) is 0 Å². The van der Waals surface area contributed by atoms with Gasteiger partial charge < -0.3 is 10.6 Å². The van der Waals surface area contributed by atoms with Gasteiger partial charge in [-0.2, -0.15) is 5.26 Å². The number of benzene rings is 2. The highest BCUT2D eigenvalue weighted by atomic mass is 16.2. The van der Waals surface area contributed by atoms with Crippen LogP contribution in [0.4, 0.5) is 5.69 Å². The molecule has 0 heterocycles. The summed E-state index contributed by atoms with van der Waals surface area (Å²) in [7, 11) is 0. The quantitative estimate of drug-likeness (QED) is 0.884. The van der Waals surface area contributed by atoms with E-state index in [9.17, 15) is 9.59 Å². The molecule has 2 amide bonds. The van der Waals surface area contributed by atoms with Gasteiger partial charge in [0.15, 0.2) is 0 Å². The number of amides is 2. The third-order valence-electron chi connectivity index (χ3n) is 4.01. The van der Waals surface area contributed by atoms with Gasteiger partial charge in [0.25, 0.3) is 5.91 Å². The van der Waals surface area contributed by atoms with E-state index >= 15 is 0 Å². The van der Waals surface area contributed by atoms with E-state index in [4.69, 9.17) is 5.26 Å². The van der Waals surface area contributed by atoms with Crippen molar-refractivity contribution in [3.63, 3.8) is 0 Å². The standard InChI is InChI=1S/C21H23N3O2/c1-14(19(25)24-18-7-5-6-15(12-18)13-22)23-20(26)16-8-10-17(11-9-16)21(2,3)4/h5-12,14H,1-4H3,(H,23,26)(H,24,25). The normalized spacial score (nSPS) is 12.0. The van der Waals surface area contributed by atoms with E-state index in [-0.39, 0.29) is 17.2 Å². The van der Waals surface area contributed by atoms with Gasteiger partial charge in [-0.15, -0.1) is 0 Å². The summed E-state index contributed by atoms with van der Waals surface area (Å²) < 4.78 is 0.